The van der Waals surface area contributed by atoms with Crippen molar-refractivity contribution in [2.75, 3.05) is 18.4 Å². The molecule has 0 unspecified atom stereocenters. The maximum absolute atomic E-state index is 12.9. The fourth-order valence-corrected chi connectivity index (χ4v) is 5.09. The summed E-state index contributed by atoms with van der Waals surface area (Å²) in [5, 5.41) is 12.2. The van der Waals surface area contributed by atoms with Gasteiger partial charge < -0.3 is 5.32 Å². The van der Waals surface area contributed by atoms with Gasteiger partial charge in [0.05, 0.1) is 5.56 Å². The van der Waals surface area contributed by atoms with Gasteiger partial charge in [-0.15, -0.1) is 0 Å². The molecule has 1 aliphatic heterocycles. The number of piperidine rings is 1. The topological polar surface area (TPSA) is 103 Å². The number of hydrogen-bond donors (Lipinski definition) is 1. The van der Waals surface area contributed by atoms with E-state index in [1.807, 2.05) is 6.07 Å². The van der Waals surface area contributed by atoms with E-state index in [0.717, 1.165) is 4.47 Å². The highest BCUT2D eigenvalue weighted by Gasteiger charge is 2.33. The molecule has 3 rings (SSSR count). The summed E-state index contributed by atoms with van der Waals surface area (Å²) in [5.74, 6) is -0.0557. The predicted octanol–water partition coefficient (Wildman–Crippen LogP) is 3.41. The second kappa shape index (κ2) is 8.57. The Bertz CT molecular complexity index is 1030. The molecule has 146 valence electrons. The number of nitriles is 1. The lowest BCUT2D eigenvalue weighted by Gasteiger charge is -2.30. The molecule has 1 aromatic heterocycles. The molecule has 0 saturated carbocycles. The van der Waals surface area contributed by atoms with E-state index in [0.29, 0.717) is 18.7 Å². The van der Waals surface area contributed by atoms with Gasteiger partial charge in [-0.2, -0.15) is 9.57 Å². The van der Waals surface area contributed by atoms with Crippen LogP contribution in [0.5, 0.6) is 0 Å². The Morgan fingerprint density at radius 3 is 2.61 bits per heavy atom. The molecule has 1 saturated heterocycles. The van der Waals surface area contributed by atoms with Gasteiger partial charge in [-0.25, -0.2) is 13.4 Å². The smallest absolute Gasteiger partial charge is 0.244 e. The molecule has 0 spiro atoms. The highest BCUT2D eigenvalue weighted by molar-refractivity contribution is 9.10. The molecule has 0 aliphatic carbocycles. The van der Waals surface area contributed by atoms with E-state index in [1.54, 1.807) is 18.3 Å². The van der Waals surface area contributed by atoms with Crippen molar-refractivity contribution in [2.45, 2.75) is 17.7 Å². The number of amides is 1. The summed E-state index contributed by atoms with van der Waals surface area (Å²) in [7, 11) is -3.86. The molecule has 1 fully saturated rings. The quantitative estimate of drug-likeness (QED) is 0.718. The van der Waals surface area contributed by atoms with Gasteiger partial charge in [-0.1, -0.05) is 11.6 Å². The second-order valence-electron chi connectivity index (χ2n) is 6.28. The number of hydrogen-bond acceptors (Lipinski definition) is 5. The summed E-state index contributed by atoms with van der Waals surface area (Å²) >= 11 is 9.20. The minimum atomic E-state index is -3.86. The summed E-state index contributed by atoms with van der Waals surface area (Å²) in [6.45, 7) is 0.372. The minimum absolute atomic E-state index is 0.0468. The average molecular weight is 484 g/mol. The van der Waals surface area contributed by atoms with Crippen LogP contribution < -0.4 is 5.32 Å². The molecule has 1 aliphatic rings. The van der Waals surface area contributed by atoms with Gasteiger partial charge in [-0.05, 0) is 59.1 Å². The van der Waals surface area contributed by atoms with Crippen molar-refractivity contribution in [1.82, 2.24) is 9.29 Å². The number of carbonyl (C=O) groups is 1. The van der Waals surface area contributed by atoms with E-state index in [9.17, 15) is 18.5 Å². The first kappa shape index (κ1) is 20.7. The Hall–Kier alpha value is -1.99. The Morgan fingerprint density at radius 1 is 1.29 bits per heavy atom. The zero-order valence-corrected chi connectivity index (χ0v) is 17.8. The largest absolute Gasteiger partial charge is 0.310 e. The number of pyridine rings is 1. The molecular weight excluding hydrogens is 468 g/mol. The highest BCUT2D eigenvalue weighted by Crippen LogP contribution is 2.28. The molecule has 2 aromatic rings. The summed E-state index contributed by atoms with van der Waals surface area (Å²) < 4.78 is 27.9. The van der Waals surface area contributed by atoms with E-state index >= 15 is 0 Å². The molecule has 0 bridgehead atoms. The lowest BCUT2D eigenvalue weighted by Crippen LogP contribution is -2.41. The van der Waals surface area contributed by atoms with E-state index in [-0.39, 0.29) is 40.4 Å². The molecule has 0 atom stereocenters. The summed E-state index contributed by atoms with van der Waals surface area (Å²) in [6.07, 6.45) is 2.34. The molecule has 2 heterocycles. The third kappa shape index (κ3) is 4.52. The van der Waals surface area contributed by atoms with E-state index in [1.165, 1.54) is 22.5 Å². The first-order valence-electron chi connectivity index (χ1n) is 8.43. The van der Waals surface area contributed by atoms with Crippen molar-refractivity contribution in [3.63, 3.8) is 0 Å². The van der Waals surface area contributed by atoms with Gasteiger partial charge in [0, 0.05) is 34.7 Å². The SMILES string of the molecule is N#Cc1ccc(Cl)cc1S(=O)(=O)N1CCC(C(=O)Nc2ccc(Br)cn2)CC1. The third-order valence-corrected chi connectivity index (χ3v) is 7.13. The number of rotatable bonds is 4. The van der Waals surface area contributed by atoms with Crippen molar-refractivity contribution in [2.24, 2.45) is 5.92 Å². The average Bonchev–Trinajstić information content (AvgIpc) is 2.69. The van der Waals surface area contributed by atoms with Crippen LogP contribution in [0.3, 0.4) is 0 Å². The van der Waals surface area contributed by atoms with Gasteiger partial charge >= 0.3 is 0 Å². The predicted molar refractivity (Wildman–Crippen MR) is 108 cm³/mol. The lowest BCUT2D eigenvalue weighted by atomic mass is 9.97. The number of benzene rings is 1. The Morgan fingerprint density at radius 2 is 2.00 bits per heavy atom. The maximum atomic E-state index is 12.9. The number of halogens is 2. The number of aromatic nitrogens is 1. The summed E-state index contributed by atoms with van der Waals surface area (Å²) in [4.78, 5) is 16.4. The normalized spacial score (nSPS) is 15.8. The Kier molecular flexibility index (Phi) is 6.35. The molecule has 1 aromatic carbocycles. The van der Waals surface area contributed by atoms with Crippen LogP contribution in [0.2, 0.25) is 5.02 Å². The molecule has 28 heavy (non-hydrogen) atoms. The molecule has 0 radical (unpaired) electrons. The first-order valence-corrected chi connectivity index (χ1v) is 11.0. The van der Waals surface area contributed by atoms with Gasteiger partial charge in [0.1, 0.15) is 16.8 Å². The summed E-state index contributed by atoms with van der Waals surface area (Å²) in [5.41, 5.74) is 0.0468. The number of nitrogens with zero attached hydrogens (tertiary/aromatic N) is 3. The van der Waals surface area contributed by atoms with E-state index in [2.05, 4.69) is 26.2 Å². The van der Waals surface area contributed by atoms with Crippen molar-refractivity contribution in [3.8, 4) is 6.07 Å². The van der Waals surface area contributed by atoms with Crippen LogP contribution >= 0.6 is 27.5 Å². The lowest BCUT2D eigenvalue weighted by molar-refractivity contribution is -0.120. The van der Waals surface area contributed by atoms with Crippen LogP contribution in [0.25, 0.3) is 0 Å². The molecule has 1 N–H and O–H groups in total. The van der Waals surface area contributed by atoms with Crippen LogP contribution in [0.15, 0.2) is 45.9 Å². The fourth-order valence-electron chi connectivity index (χ4n) is 2.98. The van der Waals surface area contributed by atoms with Gasteiger partial charge in [-0.3, -0.25) is 4.79 Å². The monoisotopic (exact) mass is 482 g/mol. The molecule has 7 nitrogen and oxygen atoms in total. The number of nitrogens with one attached hydrogen (secondary N) is 1. The molecule has 1 amide bonds. The fraction of sp³-hybridized carbons (Fsp3) is 0.278. The van der Waals surface area contributed by atoms with Crippen LogP contribution in [-0.4, -0.2) is 36.7 Å². The third-order valence-electron chi connectivity index (χ3n) is 4.49. The highest BCUT2D eigenvalue weighted by atomic mass is 79.9. The van der Waals surface area contributed by atoms with Crippen molar-refractivity contribution < 1.29 is 13.2 Å². The molecule has 10 heteroatoms. The second-order valence-corrected chi connectivity index (χ2v) is 9.54. The van der Waals surface area contributed by atoms with E-state index < -0.39 is 10.0 Å². The Balaban J connectivity index is 1.68. The zero-order valence-electron chi connectivity index (χ0n) is 14.6. The minimum Gasteiger partial charge on any atom is -0.310 e. The van der Waals surface area contributed by atoms with Crippen LogP contribution in [0.1, 0.15) is 18.4 Å². The van der Waals surface area contributed by atoms with E-state index in [4.69, 9.17) is 11.6 Å². The number of sulfonamides is 1. The van der Waals surface area contributed by atoms with Crippen LogP contribution in [0.4, 0.5) is 5.82 Å². The van der Waals surface area contributed by atoms with Crippen LogP contribution in [-0.2, 0) is 14.8 Å². The standard InChI is InChI=1S/C18H16BrClN4O3S/c19-14-2-4-17(22-11-14)23-18(25)12-5-7-24(8-6-12)28(26,27)16-9-15(20)3-1-13(16)10-21/h1-4,9,11-12H,5-8H2,(H,22,23,25). The zero-order chi connectivity index (χ0) is 20.3. The van der Waals surface area contributed by atoms with Crippen molar-refractivity contribution in [3.05, 3.63) is 51.6 Å². The Labute approximate surface area is 176 Å². The van der Waals surface area contributed by atoms with Crippen LogP contribution in [0, 0.1) is 17.2 Å². The van der Waals surface area contributed by atoms with Gasteiger partial charge in [0.2, 0.25) is 15.9 Å². The summed E-state index contributed by atoms with van der Waals surface area (Å²) in [6, 6.07) is 9.50. The molecular formula is C18H16BrClN4O3S. The number of carbonyl (C=O) groups excluding carboxylic acids is 1. The number of anilines is 1. The van der Waals surface area contributed by atoms with Gasteiger partial charge in [0.25, 0.3) is 0 Å². The van der Waals surface area contributed by atoms with Crippen molar-refractivity contribution >= 4 is 49.3 Å². The maximum Gasteiger partial charge on any atom is 0.244 e. The van der Waals surface area contributed by atoms with Crippen molar-refractivity contribution in [1.29, 1.82) is 5.26 Å². The van der Waals surface area contributed by atoms with Gasteiger partial charge in [0.15, 0.2) is 0 Å². The first-order chi connectivity index (χ1) is 13.3.